The van der Waals surface area contributed by atoms with Gasteiger partial charge in [0.05, 0.1) is 18.1 Å². The largest absolute Gasteiger partial charge is 0.326 e. The Morgan fingerprint density at radius 3 is 3.00 bits per heavy atom. The zero-order valence-corrected chi connectivity index (χ0v) is 13.2. The minimum Gasteiger partial charge on any atom is -0.326 e. The van der Waals surface area contributed by atoms with Crippen LogP contribution in [0.1, 0.15) is 23.4 Å². The minimum atomic E-state index is -0.111. The van der Waals surface area contributed by atoms with Crippen LogP contribution in [-0.2, 0) is 24.1 Å². The number of aldehydes is 1. The third kappa shape index (κ3) is 2.60. The van der Waals surface area contributed by atoms with Crippen LogP contribution in [0.25, 0.3) is 5.69 Å². The summed E-state index contributed by atoms with van der Waals surface area (Å²) in [5.74, 6) is 0. The van der Waals surface area contributed by atoms with Crippen molar-refractivity contribution in [3.63, 3.8) is 0 Å². The molecule has 120 valence electrons. The molecule has 1 unspecified atom stereocenters. The second-order valence-corrected chi connectivity index (χ2v) is 6.59. The highest BCUT2D eigenvalue weighted by Gasteiger charge is 2.28. The lowest BCUT2D eigenvalue weighted by Gasteiger charge is -2.24. The number of nitrogens with two attached hydrogens (primary N) is 1. The molecule has 23 heavy (non-hydrogen) atoms. The molecule has 2 aliphatic rings. The highest BCUT2D eigenvalue weighted by Crippen LogP contribution is 2.27. The van der Waals surface area contributed by atoms with Crippen LogP contribution in [0, 0.1) is 0 Å². The summed E-state index contributed by atoms with van der Waals surface area (Å²) in [6, 6.07) is 8.55. The number of hydrogen-bond acceptors (Lipinski definition) is 4. The summed E-state index contributed by atoms with van der Waals surface area (Å²) in [6.07, 6.45) is 6.63. The first kappa shape index (κ1) is 14.6. The van der Waals surface area contributed by atoms with Crippen molar-refractivity contribution in [2.24, 2.45) is 5.73 Å². The van der Waals surface area contributed by atoms with Crippen LogP contribution in [-0.4, -0.2) is 45.9 Å². The fourth-order valence-electron chi connectivity index (χ4n) is 3.84. The molecule has 5 heteroatoms. The Hall–Kier alpha value is -1.98. The topological polar surface area (TPSA) is 64.2 Å². The predicted octanol–water partition coefficient (Wildman–Crippen LogP) is 1.11. The van der Waals surface area contributed by atoms with E-state index in [1.807, 2.05) is 6.33 Å². The molecule has 1 saturated heterocycles. The second-order valence-electron chi connectivity index (χ2n) is 6.59. The molecule has 4 rings (SSSR count). The summed E-state index contributed by atoms with van der Waals surface area (Å²) in [5.41, 5.74) is 10.9. The molecule has 0 amide bonds. The Labute approximate surface area is 136 Å². The summed E-state index contributed by atoms with van der Waals surface area (Å²) in [5, 5.41) is 0. The average molecular weight is 310 g/mol. The van der Waals surface area contributed by atoms with Gasteiger partial charge in [-0.3, -0.25) is 4.90 Å². The molecule has 0 radical (unpaired) electrons. The highest BCUT2D eigenvalue weighted by atomic mass is 16.1. The lowest BCUT2D eigenvalue weighted by atomic mass is 9.99. The van der Waals surface area contributed by atoms with Crippen molar-refractivity contribution < 1.29 is 4.79 Å². The van der Waals surface area contributed by atoms with Gasteiger partial charge in [0.2, 0.25) is 0 Å². The van der Waals surface area contributed by atoms with Gasteiger partial charge < -0.3 is 15.1 Å². The summed E-state index contributed by atoms with van der Waals surface area (Å²) in [6.45, 7) is 1.71. The van der Waals surface area contributed by atoms with E-state index in [1.165, 1.54) is 16.9 Å². The van der Waals surface area contributed by atoms with Gasteiger partial charge in [0.25, 0.3) is 0 Å². The van der Waals surface area contributed by atoms with Crippen LogP contribution in [0.15, 0.2) is 30.6 Å². The standard InChI is InChI=1S/C18H22N4O/c19-14-7-8-21(10-14)15(11-23)9-16-18-6-5-13-3-1-2-4-17(13)22(18)12-20-16/h1-4,11-12,14-15H,5-10,19H2/t14-,15?/m0/s1. The van der Waals surface area contributed by atoms with Crippen LogP contribution >= 0.6 is 0 Å². The van der Waals surface area contributed by atoms with E-state index in [-0.39, 0.29) is 12.1 Å². The molecule has 0 aliphatic carbocycles. The normalized spacial score (nSPS) is 21.7. The molecule has 1 aromatic heterocycles. The van der Waals surface area contributed by atoms with Crippen LogP contribution < -0.4 is 5.73 Å². The first-order chi connectivity index (χ1) is 11.3. The number of aromatic nitrogens is 2. The minimum absolute atomic E-state index is 0.111. The van der Waals surface area contributed by atoms with Gasteiger partial charge in [0, 0.05) is 36.9 Å². The zero-order valence-electron chi connectivity index (χ0n) is 13.2. The van der Waals surface area contributed by atoms with Gasteiger partial charge in [-0.1, -0.05) is 18.2 Å². The molecule has 1 aromatic carbocycles. The van der Waals surface area contributed by atoms with E-state index >= 15 is 0 Å². The van der Waals surface area contributed by atoms with Gasteiger partial charge in [-0.05, 0) is 30.9 Å². The van der Waals surface area contributed by atoms with E-state index in [0.717, 1.165) is 44.3 Å². The van der Waals surface area contributed by atoms with Gasteiger partial charge >= 0.3 is 0 Å². The molecule has 0 bridgehead atoms. The van der Waals surface area contributed by atoms with E-state index in [2.05, 4.69) is 38.7 Å². The number of carbonyl (C=O) groups excluding carboxylic acids is 1. The maximum absolute atomic E-state index is 11.6. The monoisotopic (exact) mass is 310 g/mol. The molecule has 2 aliphatic heterocycles. The van der Waals surface area contributed by atoms with Gasteiger partial charge in [0.1, 0.15) is 6.29 Å². The van der Waals surface area contributed by atoms with Gasteiger partial charge in [-0.2, -0.15) is 0 Å². The molecule has 5 nitrogen and oxygen atoms in total. The van der Waals surface area contributed by atoms with E-state index in [9.17, 15) is 4.79 Å². The Morgan fingerprint density at radius 1 is 1.35 bits per heavy atom. The lowest BCUT2D eigenvalue weighted by Crippen LogP contribution is -2.38. The molecule has 2 N–H and O–H groups in total. The van der Waals surface area contributed by atoms with Crippen LogP contribution in [0.3, 0.4) is 0 Å². The molecule has 3 heterocycles. The smallest absolute Gasteiger partial charge is 0.137 e. The van der Waals surface area contributed by atoms with E-state index in [0.29, 0.717) is 6.42 Å². The lowest BCUT2D eigenvalue weighted by molar-refractivity contribution is -0.112. The number of hydrogen-bond donors (Lipinski definition) is 1. The number of benzene rings is 1. The molecule has 2 aromatic rings. The second kappa shape index (κ2) is 5.91. The number of para-hydroxylation sites is 1. The Morgan fingerprint density at radius 2 is 2.22 bits per heavy atom. The average Bonchev–Trinajstić information content (AvgIpc) is 3.19. The summed E-state index contributed by atoms with van der Waals surface area (Å²) >= 11 is 0. The maximum Gasteiger partial charge on any atom is 0.137 e. The van der Waals surface area contributed by atoms with Gasteiger partial charge in [-0.15, -0.1) is 0 Å². The number of rotatable bonds is 4. The van der Waals surface area contributed by atoms with Crippen LogP contribution in [0.5, 0.6) is 0 Å². The molecule has 1 fully saturated rings. The van der Waals surface area contributed by atoms with Crippen LogP contribution in [0.2, 0.25) is 0 Å². The molecule has 0 spiro atoms. The Bertz CT molecular complexity index is 724. The summed E-state index contributed by atoms with van der Waals surface area (Å²) in [4.78, 5) is 18.4. The third-order valence-electron chi connectivity index (χ3n) is 5.12. The zero-order chi connectivity index (χ0) is 15.8. The van der Waals surface area contributed by atoms with Crippen molar-refractivity contribution in [2.75, 3.05) is 13.1 Å². The van der Waals surface area contributed by atoms with E-state index in [1.54, 1.807) is 0 Å². The molecular weight excluding hydrogens is 288 g/mol. The highest BCUT2D eigenvalue weighted by molar-refractivity contribution is 5.59. The van der Waals surface area contributed by atoms with Gasteiger partial charge in [0.15, 0.2) is 0 Å². The van der Waals surface area contributed by atoms with Gasteiger partial charge in [-0.25, -0.2) is 4.98 Å². The van der Waals surface area contributed by atoms with Crippen molar-refractivity contribution >= 4 is 6.29 Å². The number of imidazole rings is 1. The first-order valence-electron chi connectivity index (χ1n) is 8.34. The first-order valence-corrected chi connectivity index (χ1v) is 8.34. The summed E-state index contributed by atoms with van der Waals surface area (Å²) < 4.78 is 2.19. The fraction of sp³-hybridized carbons (Fsp3) is 0.444. The molecular formula is C18H22N4O. The van der Waals surface area contributed by atoms with Crippen molar-refractivity contribution in [1.29, 1.82) is 0 Å². The predicted molar refractivity (Wildman–Crippen MR) is 88.7 cm³/mol. The number of carbonyl (C=O) groups is 1. The Balaban J connectivity index is 1.60. The number of fused-ring (bicyclic) bond motifs is 3. The third-order valence-corrected chi connectivity index (χ3v) is 5.12. The van der Waals surface area contributed by atoms with Crippen LogP contribution in [0.4, 0.5) is 0 Å². The number of likely N-dealkylation sites (tertiary alicyclic amines) is 1. The van der Waals surface area contributed by atoms with Crippen molar-refractivity contribution in [3.8, 4) is 5.69 Å². The fourth-order valence-corrected chi connectivity index (χ4v) is 3.84. The quantitative estimate of drug-likeness (QED) is 0.860. The van der Waals surface area contributed by atoms with Crippen molar-refractivity contribution in [2.45, 2.75) is 37.8 Å². The van der Waals surface area contributed by atoms with Crippen molar-refractivity contribution in [3.05, 3.63) is 47.5 Å². The number of nitrogens with zero attached hydrogens (tertiary/aromatic N) is 3. The summed E-state index contributed by atoms with van der Waals surface area (Å²) in [7, 11) is 0. The van der Waals surface area contributed by atoms with Crippen molar-refractivity contribution in [1.82, 2.24) is 14.5 Å². The molecule has 0 saturated carbocycles. The Kier molecular flexibility index (Phi) is 3.75. The SMILES string of the molecule is N[C@H]1CCN(C(C=O)Cc2ncn3c2CCc2ccccc2-3)C1. The molecule has 2 atom stereocenters. The van der Waals surface area contributed by atoms with E-state index in [4.69, 9.17) is 5.73 Å². The maximum atomic E-state index is 11.6. The van der Waals surface area contributed by atoms with E-state index < -0.39 is 0 Å². The number of aryl methyl sites for hydroxylation is 1.